The summed E-state index contributed by atoms with van der Waals surface area (Å²) in [4.78, 5) is 24.3. The van der Waals surface area contributed by atoms with Gasteiger partial charge in [0, 0.05) is 16.6 Å². The van der Waals surface area contributed by atoms with E-state index in [2.05, 4.69) is 5.32 Å². The fourth-order valence-corrected chi connectivity index (χ4v) is 3.62. The van der Waals surface area contributed by atoms with E-state index in [1.54, 1.807) is 30.3 Å². The minimum absolute atomic E-state index is 0.0328. The lowest BCUT2D eigenvalue weighted by atomic mass is 10.3. The third-order valence-electron chi connectivity index (χ3n) is 3.37. The lowest BCUT2D eigenvalue weighted by Gasteiger charge is -2.08. The summed E-state index contributed by atoms with van der Waals surface area (Å²) in [6.45, 7) is -0.270. The van der Waals surface area contributed by atoms with Crippen molar-refractivity contribution in [3.05, 3.63) is 45.4 Å². The molecule has 0 saturated carbocycles. The van der Waals surface area contributed by atoms with Gasteiger partial charge in [-0.05, 0) is 24.3 Å². The van der Waals surface area contributed by atoms with Crippen LogP contribution in [0, 0.1) is 0 Å². The van der Waals surface area contributed by atoms with Crippen LogP contribution in [0.3, 0.4) is 0 Å². The highest BCUT2D eigenvalue weighted by atomic mass is 35.5. The second kappa shape index (κ2) is 8.93. The predicted octanol–water partition coefficient (Wildman–Crippen LogP) is 4.65. The van der Waals surface area contributed by atoms with Crippen LogP contribution in [-0.4, -0.2) is 31.0 Å². The van der Waals surface area contributed by atoms with Crippen molar-refractivity contribution in [3.63, 3.8) is 0 Å². The zero-order valence-electron chi connectivity index (χ0n) is 13.6. The Morgan fingerprint density at radius 2 is 1.85 bits per heavy atom. The number of rotatable bonds is 6. The first kappa shape index (κ1) is 19.9. The van der Waals surface area contributed by atoms with Crippen LogP contribution in [-0.2, 0) is 14.3 Å². The number of carbonyl (C=O) groups is 2. The molecule has 2 aromatic carbocycles. The van der Waals surface area contributed by atoms with E-state index in [9.17, 15) is 9.59 Å². The van der Waals surface area contributed by atoms with Gasteiger partial charge in [0.2, 0.25) is 6.79 Å². The molecule has 0 aromatic heterocycles. The molecule has 0 atom stereocenters. The molecule has 0 aliphatic carbocycles. The Kier molecular flexibility index (Phi) is 6.59. The lowest BCUT2D eigenvalue weighted by molar-refractivity contribution is -0.144. The molecule has 0 fully saturated rings. The largest absolute Gasteiger partial charge is 0.455 e. The summed E-state index contributed by atoms with van der Waals surface area (Å²) in [5.74, 6) is 0.0782. The molecule has 10 heteroatoms. The third kappa shape index (κ3) is 5.13. The maximum atomic E-state index is 11.9. The average molecular weight is 449 g/mol. The van der Waals surface area contributed by atoms with Gasteiger partial charge in [-0.25, -0.2) is 0 Å². The number of ether oxygens (including phenoxy) is 3. The number of esters is 1. The van der Waals surface area contributed by atoms with E-state index < -0.39 is 18.5 Å². The quantitative estimate of drug-likeness (QED) is 0.394. The summed E-state index contributed by atoms with van der Waals surface area (Å²) in [7, 11) is 0. The molecule has 0 saturated heterocycles. The molecule has 1 amide bonds. The van der Waals surface area contributed by atoms with Crippen LogP contribution in [0.2, 0.25) is 15.1 Å². The molecule has 2 aromatic rings. The molecule has 142 valence electrons. The van der Waals surface area contributed by atoms with E-state index in [1.807, 2.05) is 0 Å². The monoisotopic (exact) mass is 447 g/mol. The Balaban J connectivity index is 1.45. The number of hydrogen-bond donors (Lipinski definition) is 1. The van der Waals surface area contributed by atoms with Crippen LogP contribution in [0.1, 0.15) is 0 Å². The molecule has 0 radical (unpaired) electrons. The first-order valence-electron chi connectivity index (χ1n) is 7.55. The van der Waals surface area contributed by atoms with Crippen LogP contribution in [0.4, 0.5) is 5.69 Å². The van der Waals surface area contributed by atoms with Gasteiger partial charge in [-0.2, -0.15) is 0 Å². The summed E-state index contributed by atoms with van der Waals surface area (Å²) in [5, 5.41) is 3.43. The van der Waals surface area contributed by atoms with Crippen molar-refractivity contribution in [1.82, 2.24) is 0 Å². The minimum atomic E-state index is -0.567. The van der Waals surface area contributed by atoms with Crippen molar-refractivity contribution in [2.24, 2.45) is 0 Å². The van der Waals surface area contributed by atoms with Crippen molar-refractivity contribution in [3.8, 4) is 11.5 Å². The summed E-state index contributed by atoms with van der Waals surface area (Å²) in [6.07, 6.45) is 0. The van der Waals surface area contributed by atoms with Crippen molar-refractivity contribution < 1.29 is 23.8 Å². The molecule has 0 bridgehead atoms. The minimum Gasteiger partial charge on any atom is -0.455 e. The maximum Gasteiger partial charge on any atom is 0.316 e. The zero-order valence-corrected chi connectivity index (χ0v) is 16.7. The van der Waals surface area contributed by atoms with Crippen molar-refractivity contribution in [2.75, 3.05) is 24.5 Å². The van der Waals surface area contributed by atoms with Crippen LogP contribution in [0.15, 0.2) is 35.2 Å². The molecule has 6 nitrogen and oxygen atoms in total. The molecule has 3 rings (SSSR count). The van der Waals surface area contributed by atoms with E-state index >= 15 is 0 Å². The van der Waals surface area contributed by atoms with Crippen LogP contribution >= 0.6 is 46.6 Å². The first-order valence-corrected chi connectivity index (χ1v) is 9.67. The molecule has 1 N–H and O–H groups in total. The first-order chi connectivity index (χ1) is 12.9. The Morgan fingerprint density at radius 1 is 1.07 bits per heavy atom. The Morgan fingerprint density at radius 3 is 2.67 bits per heavy atom. The molecule has 0 unspecified atom stereocenters. The standard InChI is InChI=1S/C17H12Cl3NO5S/c18-10-2-4-13(17(20)16(10)19)27-7-15(23)24-6-14(22)21-9-1-3-11-12(5-9)26-8-25-11/h1-5H,6-8H2,(H,21,22). The topological polar surface area (TPSA) is 73.9 Å². The highest BCUT2D eigenvalue weighted by Gasteiger charge is 2.15. The predicted molar refractivity (Wildman–Crippen MR) is 104 cm³/mol. The van der Waals surface area contributed by atoms with Crippen molar-refractivity contribution in [1.29, 1.82) is 0 Å². The molecule has 1 aliphatic rings. The van der Waals surface area contributed by atoms with Crippen molar-refractivity contribution in [2.45, 2.75) is 4.90 Å². The van der Waals surface area contributed by atoms with Gasteiger partial charge >= 0.3 is 5.97 Å². The summed E-state index contributed by atoms with van der Waals surface area (Å²) >= 11 is 19.0. The van der Waals surface area contributed by atoms with Gasteiger partial charge in [0.1, 0.15) is 0 Å². The third-order valence-corrected chi connectivity index (χ3v) is 5.80. The molecule has 1 heterocycles. The van der Waals surface area contributed by atoms with E-state index in [0.717, 1.165) is 11.8 Å². The Labute approximate surface area is 174 Å². The van der Waals surface area contributed by atoms with E-state index in [-0.39, 0.29) is 22.6 Å². The van der Waals surface area contributed by atoms with Gasteiger partial charge in [0.25, 0.3) is 5.91 Å². The Bertz CT molecular complexity index is 893. The fraction of sp³-hybridized carbons (Fsp3) is 0.176. The van der Waals surface area contributed by atoms with Crippen LogP contribution in [0.5, 0.6) is 11.5 Å². The number of nitrogens with one attached hydrogen (secondary N) is 1. The van der Waals surface area contributed by atoms with Gasteiger partial charge in [0.05, 0.1) is 20.8 Å². The van der Waals surface area contributed by atoms with E-state index in [0.29, 0.717) is 27.1 Å². The van der Waals surface area contributed by atoms with Gasteiger partial charge in [-0.1, -0.05) is 34.8 Å². The van der Waals surface area contributed by atoms with Gasteiger partial charge in [-0.3, -0.25) is 9.59 Å². The van der Waals surface area contributed by atoms with Crippen LogP contribution < -0.4 is 14.8 Å². The number of anilines is 1. The fourth-order valence-electron chi connectivity index (χ4n) is 2.12. The molecule has 1 aliphatic heterocycles. The summed E-state index contributed by atoms with van der Waals surface area (Å²) < 4.78 is 15.4. The van der Waals surface area contributed by atoms with E-state index in [1.165, 1.54) is 0 Å². The van der Waals surface area contributed by atoms with Crippen LogP contribution in [0.25, 0.3) is 0 Å². The number of benzene rings is 2. The van der Waals surface area contributed by atoms with Crippen molar-refractivity contribution >= 4 is 64.1 Å². The smallest absolute Gasteiger partial charge is 0.316 e. The van der Waals surface area contributed by atoms with Gasteiger partial charge in [0.15, 0.2) is 18.1 Å². The average Bonchev–Trinajstić information content (AvgIpc) is 3.11. The number of halogens is 3. The number of fused-ring (bicyclic) bond motifs is 1. The second-order valence-corrected chi connectivity index (χ2v) is 7.42. The SMILES string of the molecule is O=C(COC(=O)CSc1ccc(Cl)c(Cl)c1Cl)Nc1ccc2c(c1)OCO2. The lowest BCUT2D eigenvalue weighted by Crippen LogP contribution is -2.21. The summed E-state index contributed by atoms with van der Waals surface area (Å²) in [5.41, 5.74) is 0.511. The number of hydrogen-bond acceptors (Lipinski definition) is 6. The maximum absolute atomic E-state index is 11.9. The Hall–Kier alpha value is -1.80. The number of carbonyl (C=O) groups excluding carboxylic acids is 2. The highest BCUT2D eigenvalue weighted by Crippen LogP contribution is 2.37. The van der Waals surface area contributed by atoms with Gasteiger partial charge in [-0.15, -0.1) is 11.8 Å². The zero-order chi connectivity index (χ0) is 19.4. The molecule has 0 spiro atoms. The molecule has 27 heavy (non-hydrogen) atoms. The molecular weight excluding hydrogens is 437 g/mol. The van der Waals surface area contributed by atoms with Gasteiger partial charge < -0.3 is 19.5 Å². The number of amides is 1. The second-order valence-electron chi connectivity index (χ2n) is 5.24. The highest BCUT2D eigenvalue weighted by molar-refractivity contribution is 8.00. The normalized spacial score (nSPS) is 12.0. The summed E-state index contributed by atoms with van der Waals surface area (Å²) in [6, 6.07) is 8.21. The van der Waals surface area contributed by atoms with E-state index in [4.69, 9.17) is 49.0 Å². The molecular formula is C17H12Cl3NO5S. The number of thioether (sulfide) groups is 1.